The Morgan fingerprint density at radius 2 is 2.50 bits per heavy atom. The van der Waals surface area contributed by atoms with Crippen molar-refractivity contribution < 1.29 is 9.53 Å². The van der Waals surface area contributed by atoms with Gasteiger partial charge in [0.15, 0.2) is 0 Å². The predicted molar refractivity (Wildman–Crippen MR) is 44.1 cm³/mol. The Morgan fingerprint density at radius 1 is 1.75 bits per heavy atom. The lowest BCUT2D eigenvalue weighted by molar-refractivity contribution is 0.0758. The molecule has 0 N–H and O–H groups in total. The number of rotatable bonds is 3. The van der Waals surface area contributed by atoms with Crippen molar-refractivity contribution in [3.8, 4) is 0 Å². The third kappa shape index (κ3) is 1.71. The summed E-state index contributed by atoms with van der Waals surface area (Å²) in [6, 6.07) is 0. The van der Waals surface area contributed by atoms with Gasteiger partial charge in [0.2, 0.25) is 0 Å². The van der Waals surface area contributed by atoms with Crippen LogP contribution in [0, 0.1) is 0 Å². The molecule has 0 aliphatic rings. The normalized spacial score (nSPS) is 10.2. The highest BCUT2D eigenvalue weighted by atomic mass is 16.5. The van der Waals surface area contributed by atoms with Crippen molar-refractivity contribution in [3.05, 3.63) is 18.2 Å². The van der Waals surface area contributed by atoms with E-state index in [1.165, 1.54) is 11.7 Å². The van der Waals surface area contributed by atoms with Gasteiger partial charge < -0.3 is 4.74 Å². The van der Waals surface area contributed by atoms with Crippen LogP contribution in [0.15, 0.2) is 12.4 Å². The zero-order chi connectivity index (χ0) is 8.97. The molecule has 1 aromatic rings. The molecule has 0 atom stereocenters. The third-order valence-corrected chi connectivity index (χ3v) is 1.57. The first-order valence-corrected chi connectivity index (χ1v) is 3.84. The first-order valence-electron chi connectivity index (χ1n) is 3.84. The Balaban J connectivity index is 2.79. The van der Waals surface area contributed by atoms with Crippen LogP contribution < -0.4 is 0 Å². The van der Waals surface area contributed by atoms with E-state index in [2.05, 4.69) is 4.98 Å². The molecule has 0 fully saturated rings. The van der Waals surface area contributed by atoms with Crippen molar-refractivity contribution in [2.45, 2.75) is 13.3 Å². The van der Waals surface area contributed by atoms with Crippen LogP contribution in [0.25, 0.3) is 0 Å². The quantitative estimate of drug-likeness (QED) is 0.668. The molecule has 0 aliphatic carbocycles. The van der Waals surface area contributed by atoms with E-state index >= 15 is 0 Å². The molecule has 0 aromatic carbocycles. The highest BCUT2D eigenvalue weighted by Crippen LogP contribution is 1.97. The highest BCUT2D eigenvalue weighted by molar-refractivity contribution is 5.80. The summed E-state index contributed by atoms with van der Waals surface area (Å²) in [5.41, 5.74) is 0. The maximum atomic E-state index is 11.3. The summed E-state index contributed by atoms with van der Waals surface area (Å²) in [7, 11) is 1.50. The van der Waals surface area contributed by atoms with Crippen LogP contribution in [-0.4, -0.2) is 29.2 Å². The van der Waals surface area contributed by atoms with Gasteiger partial charge in [-0.3, -0.25) is 9.36 Å². The molecule has 0 unspecified atom stereocenters. The summed E-state index contributed by atoms with van der Waals surface area (Å²) >= 11 is 0. The highest BCUT2D eigenvalue weighted by Gasteiger charge is 2.07. The Morgan fingerprint density at radius 3 is 3.08 bits per heavy atom. The van der Waals surface area contributed by atoms with Gasteiger partial charge in [-0.25, -0.2) is 4.98 Å². The number of nitrogens with zero attached hydrogens (tertiary/aromatic N) is 2. The molecule has 0 saturated heterocycles. The second-order valence-corrected chi connectivity index (χ2v) is 2.39. The fourth-order valence-electron chi connectivity index (χ4n) is 1.02. The lowest BCUT2D eigenvalue weighted by atomic mass is 10.4. The standard InChI is InChI=1S/C8H12N2O2/c1-3-7-9-4-5-10(7)8(11)6-12-2/h4-5H,3,6H2,1-2H3. The van der Waals surface area contributed by atoms with Crippen LogP contribution in [0.5, 0.6) is 0 Å². The summed E-state index contributed by atoms with van der Waals surface area (Å²) in [5, 5.41) is 0. The number of aryl methyl sites for hydroxylation is 1. The molecule has 12 heavy (non-hydrogen) atoms. The van der Waals surface area contributed by atoms with Gasteiger partial charge in [0.1, 0.15) is 12.4 Å². The average Bonchev–Trinajstić information content (AvgIpc) is 2.51. The first kappa shape index (κ1) is 8.93. The molecule has 1 heterocycles. The van der Waals surface area contributed by atoms with E-state index in [-0.39, 0.29) is 12.5 Å². The fourth-order valence-corrected chi connectivity index (χ4v) is 1.02. The summed E-state index contributed by atoms with van der Waals surface area (Å²) in [6.07, 6.45) is 4.02. The van der Waals surface area contributed by atoms with Gasteiger partial charge in [-0.15, -0.1) is 0 Å². The van der Waals surface area contributed by atoms with Gasteiger partial charge in [0.05, 0.1) is 0 Å². The second kappa shape index (κ2) is 4.01. The fraction of sp³-hybridized carbons (Fsp3) is 0.500. The lowest BCUT2D eigenvalue weighted by Gasteiger charge is -2.02. The van der Waals surface area contributed by atoms with E-state index in [9.17, 15) is 4.79 Å². The molecule has 4 nitrogen and oxygen atoms in total. The number of carbonyl (C=O) groups excluding carboxylic acids is 1. The van der Waals surface area contributed by atoms with E-state index in [4.69, 9.17) is 4.74 Å². The van der Waals surface area contributed by atoms with Crippen molar-refractivity contribution in [1.82, 2.24) is 9.55 Å². The number of aromatic nitrogens is 2. The van der Waals surface area contributed by atoms with E-state index in [1.54, 1.807) is 12.4 Å². The molecule has 0 saturated carbocycles. The van der Waals surface area contributed by atoms with Crippen LogP contribution in [0.3, 0.4) is 0 Å². The van der Waals surface area contributed by atoms with Crippen LogP contribution in [-0.2, 0) is 11.2 Å². The van der Waals surface area contributed by atoms with Gasteiger partial charge in [0, 0.05) is 25.9 Å². The number of ether oxygens (including phenoxy) is 1. The van der Waals surface area contributed by atoms with Crippen molar-refractivity contribution in [3.63, 3.8) is 0 Å². The van der Waals surface area contributed by atoms with Crippen molar-refractivity contribution in [2.24, 2.45) is 0 Å². The Kier molecular flexibility index (Phi) is 2.99. The zero-order valence-electron chi connectivity index (χ0n) is 7.28. The molecule has 0 spiro atoms. The summed E-state index contributed by atoms with van der Waals surface area (Å²) in [5.74, 6) is 0.698. The summed E-state index contributed by atoms with van der Waals surface area (Å²) in [6.45, 7) is 2.06. The number of imidazole rings is 1. The van der Waals surface area contributed by atoms with Crippen LogP contribution >= 0.6 is 0 Å². The second-order valence-electron chi connectivity index (χ2n) is 2.39. The van der Waals surface area contributed by atoms with Crippen molar-refractivity contribution in [1.29, 1.82) is 0 Å². The Hall–Kier alpha value is -1.16. The minimum absolute atomic E-state index is 0.0770. The third-order valence-electron chi connectivity index (χ3n) is 1.57. The van der Waals surface area contributed by atoms with Gasteiger partial charge in [0.25, 0.3) is 5.91 Å². The number of methoxy groups -OCH3 is 1. The predicted octanol–water partition coefficient (Wildman–Crippen LogP) is 0.732. The molecule has 0 aliphatic heterocycles. The number of carbonyl (C=O) groups is 1. The maximum Gasteiger partial charge on any atom is 0.258 e. The van der Waals surface area contributed by atoms with E-state index < -0.39 is 0 Å². The molecule has 66 valence electrons. The van der Waals surface area contributed by atoms with Gasteiger partial charge in [-0.05, 0) is 0 Å². The molecule has 1 aromatic heterocycles. The topological polar surface area (TPSA) is 44.1 Å². The Labute approximate surface area is 71.2 Å². The molecular weight excluding hydrogens is 156 g/mol. The van der Waals surface area contributed by atoms with E-state index in [0.29, 0.717) is 0 Å². The van der Waals surface area contributed by atoms with Gasteiger partial charge in [-0.2, -0.15) is 0 Å². The molecule has 4 heteroatoms. The van der Waals surface area contributed by atoms with E-state index in [0.717, 1.165) is 12.2 Å². The van der Waals surface area contributed by atoms with Crippen molar-refractivity contribution in [2.75, 3.05) is 13.7 Å². The molecule has 0 radical (unpaired) electrons. The molecule has 0 amide bonds. The smallest absolute Gasteiger partial charge is 0.258 e. The van der Waals surface area contributed by atoms with Crippen molar-refractivity contribution >= 4 is 5.91 Å². The Bertz CT molecular complexity index is 268. The minimum atomic E-state index is -0.0770. The van der Waals surface area contributed by atoms with Crippen LogP contribution in [0.2, 0.25) is 0 Å². The molecule has 0 bridgehead atoms. The van der Waals surface area contributed by atoms with Crippen LogP contribution in [0.1, 0.15) is 17.5 Å². The van der Waals surface area contributed by atoms with Gasteiger partial charge >= 0.3 is 0 Å². The number of hydrogen-bond donors (Lipinski definition) is 0. The summed E-state index contributed by atoms with van der Waals surface area (Å²) in [4.78, 5) is 15.3. The SMILES string of the molecule is CCc1nccn1C(=O)COC. The monoisotopic (exact) mass is 168 g/mol. The minimum Gasteiger partial charge on any atom is -0.375 e. The maximum absolute atomic E-state index is 11.3. The van der Waals surface area contributed by atoms with Crippen LogP contribution in [0.4, 0.5) is 0 Å². The average molecular weight is 168 g/mol. The van der Waals surface area contributed by atoms with E-state index in [1.807, 2.05) is 6.92 Å². The van der Waals surface area contributed by atoms with Gasteiger partial charge in [-0.1, -0.05) is 6.92 Å². The first-order chi connectivity index (χ1) is 5.79. The molecule has 1 rings (SSSR count). The summed E-state index contributed by atoms with van der Waals surface area (Å²) < 4.78 is 6.25. The number of hydrogen-bond acceptors (Lipinski definition) is 3. The largest absolute Gasteiger partial charge is 0.375 e. The molecular formula is C8H12N2O2. The lowest BCUT2D eigenvalue weighted by Crippen LogP contribution is -2.17. The zero-order valence-corrected chi connectivity index (χ0v) is 7.28.